The zero-order valence-electron chi connectivity index (χ0n) is 3.59. The van der Waals surface area contributed by atoms with E-state index in [9.17, 15) is 0 Å². The lowest BCUT2D eigenvalue weighted by atomic mass is 10.1. The maximum atomic E-state index is 5.25. The van der Waals surface area contributed by atoms with Crippen LogP contribution in [0.25, 0.3) is 0 Å². The highest BCUT2D eigenvalue weighted by Gasteiger charge is 1.86. The van der Waals surface area contributed by atoms with E-state index in [4.69, 9.17) is 13.6 Å². The van der Waals surface area contributed by atoms with Gasteiger partial charge in [0.2, 0.25) is 0 Å². The number of thiazole rings is 1. The second-order valence-corrected chi connectivity index (χ2v) is 2.19. The number of rotatable bonds is 0. The van der Waals surface area contributed by atoms with E-state index in [1.54, 1.807) is 6.20 Å². The molecule has 1 heterocycles. The van der Waals surface area contributed by atoms with Crippen molar-refractivity contribution in [2.75, 3.05) is 5.73 Å². The lowest BCUT2D eigenvalue weighted by Gasteiger charge is -1.70. The van der Waals surface area contributed by atoms with E-state index in [2.05, 4.69) is 4.98 Å². The van der Waals surface area contributed by atoms with E-state index < -0.39 is 0 Å². The van der Waals surface area contributed by atoms with Crippen molar-refractivity contribution in [2.45, 2.75) is 0 Å². The second kappa shape index (κ2) is 1.54. The first kappa shape index (κ1) is 4.65. The maximum Gasteiger partial charge on any atom is 0.179 e. The SMILES string of the molecule is [B]c1cnc(N)s1. The molecule has 34 valence electrons. The fourth-order valence-electron chi connectivity index (χ4n) is 0.301. The van der Waals surface area contributed by atoms with Crippen molar-refractivity contribution in [2.24, 2.45) is 0 Å². The smallest absolute Gasteiger partial charge is 0.179 e. The van der Waals surface area contributed by atoms with Crippen molar-refractivity contribution in [1.29, 1.82) is 0 Å². The van der Waals surface area contributed by atoms with Gasteiger partial charge < -0.3 is 5.73 Å². The van der Waals surface area contributed by atoms with Gasteiger partial charge in [0, 0.05) is 6.20 Å². The van der Waals surface area contributed by atoms with Gasteiger partial charge in [0.15, 0.2) is 5.13 Å². The molecule has 0 atom stereocenters. The molecule has 2 nitrogen and oxygen atoms in total. The summed E-state index contributed by atoms with van der Waals surface area (Å²) >= 11 is 1.29. The second-order valence-electron chi connectivity index (χ2n) is 1.10. The molecule has 0 aromatic carbocycles. The number of hydrogen-bond donors (Lipinski definition) is 1. The third kappa shape index (κ3) is 0.930. The minimum atomic E-state index is 0.525. The molecule has 0 bridgehead atoms. The molecular formula is C3H3BN2S. The van der Waals surface area contributed by atoms with Gasteiger partial charge in [0.25, 0.3) is 0 Å². The monoisotopic (exact) mass is 110 g/mol. The Bertz CT molecular complexity index is 145. The number of anilines is 1. The van der Waals surface area contributed by atoms with Gasteiger partial charge in [-0.15, -0.1) is 11.3 Å². The standard InChI is InChI=1S/C3H3BN2S/c4-2-1-6-3(5)7-2/h1H,(H2,5,6). The summed E-state index contributed by atoms with van der Waals surface area (Å²) in [6.45, 7) is 0. The molecule has 0 saturated carbocycles. The summed E-state index contributed by atoms with van der Waals surface area (Å²) in [5.74, 6) is 0. The summed E-state index contributed by atoms with van der Waals surface area (Å²) in [7, 11) is 5.25. The van der Waals surface area contributed by atoms with E-state index in [0.29, 0.717) is 9.91 Å². The molecule has 1 aromatic rings. The minimum Gasteiger partial charge on any atom is -0.375 e. The van der Waals surface area contributed by atoms with Crippen LogP contribution >= 0.6 is 11.3 Å². The molecule has 0 spiro atoms. The third-order valence-corrected chi connectivity index (χ3v) is 1.20. The first-order chi connectivity index (χ1) is 3.29. The average molecular weight is 110 g/mol. The number of aromatic nitrogens is 1. The van der Waals surface area contributed by atoms with Crippen molar-refractivity contribution in [3.8, 4) is 0 Å². The highest BCUT2D eigenvalue weighted by Crippen LogP contribution is 1.98. The summed E-state index contributed by atoms with van der Waals surface area (Å²) < 4.78 is 0.664. The van der Waals surface area contributed by atoms with Crippen LogP contribution in [0.1, 0.15) is 0 Å². The Morgan fingerprint density at radius 2 is 2.57 bits per heavy atom. The highest BCUT2D eigenvalue weighted by molar-refractivity contribution is 7.22. The van der Waals surface area contributed by atoms with E-state index in [0.717, 1.165) is 0 Å². The highest BCUT2D eigenvalue weighted by atomic mass is 32.1. The molecule has 2 N–H and O–H groups in total. The Morgan fingerprint density at radius 3 is 2.71 bits per heavy atom. The Hall–Kier alpha value is -0.505. The van der Waals surface area contributed by atoms with Crippen LogP contribution in [-0.4, -0.2) is 12.8 Å². The molecule has 4 heteroatoms. The van der Waals surface area contributed by atoms with Gasteiger partial charge >= 0.3 is 0 Å². The van der Waals surface area contributed by atoms with Crippen LogP contribution < -0.4 is 10.5 Å². The van der Waals surface area contributed by atoms with Gasteiger partial charge in [-0.2, -0.15) is 0 Å². The number of nitrogen functional groups attached to an aromatic ring is 1. The van der Waals surface area contributed by atoms with Crippen molar-refractivity contribution < 1.29 is 0 Å². The van der Waals surface area contributed by atoms with Crippen LogP contribution in [0.2, 0.25) is 0 Å². The topological polar surface area (TPSA) is 38.9 Å². The van der Waals surface area contributed by atoms with Gasteiger partial charge in [-0.05, 0) is 4.78 Å². The van der Waals surface area contributed by atoms with Crippen LogP contribution in [0.3, 0.4) is 0 Å². The molecule has 1 rings (SSSR count). The average Bonchev–Trinajstić information content (AvgIpc) is 1.87. The van der Waals surface area contributed by atoms with Crippen molar-refractivity contribution in [3.05, 3.63) is 6.20 Å². The Kier molecular flexibility index (Phi) is 1.02. The minimum absolute atomic E-state index is 0.525. The van der Waals surface area contributed by atoms with Crippen LogP contribution in [0.15, 0.2) is 6.20 Å². The maximum absolute atomic E-state index is 5.25. The van der Waals surface area contributed by atoms with E-state index in [1.165, 1.54) is 11.3 Å². The molecule has 0 fully saturated rings. The predicted octanol–water partition coefficient (Wildman–Crippen LogP) is -0.481. The van der Waals surface area contributed by atoms with Gasteiger partial charge in [-0.1, -0.05) is 0 Å². The number of nitrogens with zero attached hydrogens (tertiary/aromatic N) is 1. The molecular weight excluding hydrogens is 107 g/mol. The van der Waals surface area contributed by atoms with E-state index in [1.807, 2.05) is 0 Å². The van der Waals surface area contributed by atoms with Crippen LogP contribution in [0.4, 0.5) is 5.13 Å². The lowest BCUT2D eigenvalue weighted by Crippen LogP contribution is -1.89. The van der Waals surface area contributed by atoms with Gasteiger partial charge in [0.1, 0.15) is 7.85 Å². The number of nitrogens with two attached hydrogens (primary N) is 1. The molecule has 0 saturated heterocycles. The Morgan fingerprint density at radius 1 is 1.86 bits per heavy atom. The van der Waals surface area contributed by atoms with Crippen LogP contribution in [0.5, 0.6) is 0 Å². The first-order valence-electron chi connectivity index (χ1n) is 1.76. The van der Waals surface area contributed by atoms with E-state index in [-0.39, 0.29) is 0 Å². The largest absolute Gasteiger partial charge is 0.375 e. The fraction of sp³-hybridized carbons (Fsp3) is 0. The fourth-order valence-corrected chi connectivity index (χ4v) is 0.753. The molecule has 7 heavy (non-hydrogen) atoms. The normalized spacial score (nSPS) is 9.14. The van der Waals surface area contributed by atoms with Gasteiger partial charge in [-0.3, -0.25) is 0 Å². The first-order valence-corrected chi connectivity index (χ1v) is 2.57. The van der Waals surface area contributed by atoms with Crippen LogP contribution in [-0.2, 0) is 0 Å². The summed E-state index contributed by atoms with van der Waals surface area (Å²) in [5, 5.41) is 0.525. The van der Waals surface area contributed by atoms with Crippen LogP contribution in [0, 0.1) is 0 Å². The van der Waals surface area contributed by atoms with Crippen molar-refractivity contribution in [3.63, 3.8) is 0 Å². The summed E-state index contributed by atoms with van der Waals surface area (Å²) in [4.78, 5) is 3.69. The Labute approximate surface area is 46.8 Å². The van der Waals surface area contributed by atoms with Gasteiger partial charge in [-0.25, -0.2) is 4.98 Å². The zero-order chi connectivity index (χ0) is 5.28. The molecule has 0 aliphatic rings. The molecule has 1 aromatic heterocycles. The predicted molar refractivity (Wildman–Crippen MR) is 31.9 cm³/mol. The number of hydrogen-bond acceptors (Lipinski definition) is 3. The zero-order valence-corrected chi connectivity index (χ0v) is 4.40. The van der Waals surface area contributed by atoms with Gasteiger partial charge in [0.05, 0.1) is 0 Å². The van der Waals surface area contributed by atoms with Crippen molar-refractivity contribution in [1.82, 2.24) is 4.98 Å². The summed E-state index contributed by atoms with van der Waals surface area (Å²) in [5.41, 5.74) is 5.21. The molecule has 0 amide bonds. The Balaban J connectivity index is 3.04. The molecule has 0 aliphatic heterocycles. The quantitative estimate of drug-likeness (QED) is 0.458. The summed E-state index contributed by atoms with van der Waals surface area (Å²) in [6, 6.07) is 0. The summed E-state index contributed by atoms with van der Waals surface area (Å²) in [6.07, 6.45) is 1.54. The molecule has 0 aliphatic carbocycles. The lowest BCUT2D eigenvalue weighted by molar-refractivity contribution is 1.44. The van der Waals surface area contributed by atoms with E-state index >= 15 is 0 Å². The molecule has 2 radical (unpaired) electrons. The van der Waals surface area contributed by atoms with Crippen molar-refractivity contribution >= 4 is 29.1 Å². The molecule has 0 unspecified atom stereocenters. The third-order valence-electron chi connectivity index (χ3n) is 0.541.